The summed E-state index contributed by atoms with van der Waals surface area (Å²) in [4.78, 5) is 0.758. The van der Waals surface area contributed by atoms with Gasteiger partial charge in [-0.25, -0.2) is 21.9 Å². The molecule has 0 saturated heterocycles. The predicted molar refractivity (Wildman–Crippen MR) is 81.2 cm³/mol. The second-order valence-electron chi connectivity index (χ2n) is 4.92. The fourth-order valence-corrected chi connectivity index (χ4v) is 4.75. The number of halogens is 2. The molecule has 1 N–H and O–H groups in total. The third-order valence-electron chi connectivity index (χ3n) is 3.46. The van der Waals surface area contributed by atoms with E-state index >= 15 is 0 Å². The van der Waals surface area contributed by atoms with Crippen molar-refractivity contribution in [2.24, 2.45) is 0 Å². The molecule has 116 valence electrons. The number of sulfonamides is 1. The Kier molecular flexibility index (Phi) is 4.20. The molecule has 1 heterocycles. The molecule has 2 aromatic rings. The van der Waals surface area contributed by atoms with E-state index < -0.39 is 21.7 Å². The number of hydrogen-bond acceptors (Lipinski definition) is 3. The summed E-state index contributed by atoms with van der Waals surface area (Å²) in [7, 11) is -3.91. The van der Waals surface area contributed by atoms with E-state index in [1.807, 2.05) is 24.3 Å². The van der Waals surface area contributed by atoms with Crippen LogP contribution in [-0.2, 0) is 10.0 Å². The van der Waals surface area contributed by atoms with Crippen molar-refractivity contribution in [3.63, 3.8) is 0 Å². The van der Waals surface area contributed by atoms with Crippen LogP contribution >= 0.6 is 11.8 Å². The highest BCUT2D eigenvalue weighted by molar-refractivity contribution is 7.99. The molecule has 1 aliphatic rings. The first-order valence-electron chi connectivity index (χ1n) is 6.66. The summed E-state index contributed by atoms with van der Waals surface area (Å²) in [5.41, 5.74) is 0.907. The molecule has 0 bridgehead atoms. The van der Waals surface area contributed by atoms with Gasteiger partial charge in [-0.3, -0.25) is 0 Å². The van der Waals surface area contributed by atoms with Crippen LogP contribution in [0.5, 0.6) is 0 Å². The summed E-state index contributed by atoms with van der Waals surface area (Å²) < 4.78 is 53.5. The second kappa shape index (κ2) is 5.98. The molecular formula is C15H13F2NO2S2. The van der Waals surface area contributed by atoms with Gasteiger partial charge in [-0.05, 0) is 42.0 Å². The number of nitrogens with one attached hydrogen (secondary N) is 1. The molecule has 3 rings (SSSR count). The fraction of sp³-hybridized carbons (Fsp3) is 0.200. The molecule has 0 aromatic heterocycles. The normalized spacial score (nSPS) is 18.0. The number of thioether (sulfide) groups is 1. The Labute approximate surface area is 131 Å². The Morgan fingerprint density at radius 3 is 2.64 bits per heavy atom. The Morgan fingerprint density at radius 2 is 1.86 bits per heavy atom. The van der Waals surface area contributed by atoms with E-state index in [0.29, 0.717) is 12.5 Å². The summed E-state index contributed by atoms with van der Waals surface area (Å²) >= 11 is 1.67. The molecule has 1 aliphatic heterocycles. The van der Waals surface area contributed by atoms with Gasteiger partial charge in [-0.2, -0.15) is 0 Å². The minimum Gasteiger partial charge on any atom is -0.207 e. The number of fused-ring (bicyclic) bond motifs is 1. The molecule has 22 heavy (non-hydrogen) atoms. The number of rotatable bonds is 3. The van der Waals surface area contributed by atoms with Crippen molar-refractivity contribution >= 4 is 21.8 Å². The summed E-state index contributed by atoms with van der Waals surface area (Å²) in [5.74, 6) is -1.46. The van der Waals surface area contributed by atoms with Gasteiger partial charge < -0.3 is 0 Å². The fourth-order valence-electron chi connectivity index (χ4n) is 2.36. The van der Waals surface area contributed by atoms with Crippen molar-refractivity contribution < 1.29 is 17.2 Å². The molecular weight excluding hydrogens is 328 g/mol. The molecule has 0 fully saturated rings. The van der Waals surface area contributed by atoms with Crippen LogP contribution in [0.1, 0.15) is 18.0 Å². The Morgan fingerprint density at radius 1 is 1.09 bits per heavy atom. The second-order valence-corrected chi connectivity index (χ2v) is 7.78. The monoisotopic (exact) mass is 341 g/mol. The topological polar surface area (TPSA) is 46.2 Å². The third-order valence-corrected chi connectivity index (χ3v) is 6.05. The lowest BCUT2D eigenvalue weighted by Gasteiger charge is -2.25. The predicted octanol–water partition coefficient (Wildman–Crippen LogP) is 3.48. The van der Waals surface area contributed by atoms with Crippen LogP contribution < -0.4 is 4.72 Å². The van der Waals surface area contributed by atoms with Gasteiger partial charge in [0.2, 0.25) is 10.0 Å². The molecule has 1 atom stereocenters. The van der Waals surface area contributed by atoms with Crippen LogP contribution in [0.15, 0.2) is 52.3 Å². The highest BCUT2D eigenvalue weighted by Crippen LogP contribution is 2.36. The van der Waals surface area contributed by atoms with Crippen molar-refractivity contribution in [2.75, 3.05) is 5.75 Å². The average molecular weight is 341 g/mol. The highest BCUT2D eigenvalue weighted by atomic mass is 32.2. The van der Waals surface area contributed by atoms with Crippen molar-refractivity contribution in [1.82, 2.24) is 4.72 Å². The zero-order valence-corrected chi connectivity index (χ0v) is 13.1. The first kappa shape index (κ1) is 15.5. The van der Waals surface area contributed by atoms with Gasteiger partial charge in [0.05, 0.1) is 4.90 Å². The van der Waals surface area contributed by atoms with Gasteiger partial charge in [0.1, 0.15) is 0 Å². The largest absolute Gasteiger partial charge is 0.241 e. The first-order valence-corrected chi connectivity index (χ1v) is 9.13. The summed E-state index contributed by atoms with van der Waals surface area (Å²) in [6, 6.07) is 9.77. The average Bonchev–Trinajstić information content (AvgIpc) is 2.50. The van der Waals surface area contributed by atoms with Gasteiger partial charge >= 0.3 is 0 Å². The summed E-state index contributed by atoms with van der Waals surface area (Å²) in [6.07, 6.45) is 0.643. The quantitative estimate of drug-likeness (QED) is 0.930. The van der Waals surface area contributed by atoms with E-state index in [0.717, 1.165) is 28.3 Å². The molecule has 0 amide bonds. The van der Waals surface area contributed by atoms with E-state index in [9.17, 15) is 17.2 Å². The van der Waals surface area contributed by atoms with Crippen molar-refractivity contribution in [1.29, 1.82) is 0 Å². The lowest BCUT2D eigenvalue weighted by molar-refractivity contribution is 0.503. The van der Waals surface area contributed by atoms with E-state index in [-0.39, 0.29) is 10.9 Å². The lowest BCUT2D eigenvalue weighted by atomic mass is 10.1. The van der Waals surface area contributed by atoms with Crippen molar-refractivity contribution in [3.8, 4) is 0 Å². The minimum absolute atomic E-state index is 0.276. The smallest absolute Gasteiger partial charge is 0.207 e. The van der Waals surface area contributed by atoms with Crippen LogP contribution in [0.25, 0.3) is 0 Å². The Bertz CT molecular complexity index is 809. The molecule has 3 nitrogen and oxygen atoms in total. The standard InChI is InChI=1S/C15H13F2NO2S2/c16-12-6-5-10(9-13(12)17)22(19,20)18-14-7-8-21-15-4-2-1-3-11(14)15/h1-6,9,14,18H,7-8H2. The molecule has 0 saturated carbocycles. The Hall–Kier alpha value is -1.44. The van der Waals surface area contributed by atoms with Gasteiger partial charge in [-0.1, -0.05) is 18.2 Å². The van der Waals surface area contributed by atoms with Gasteiger partial charge in [0, 0.05) is 10.9 Å². The van der Waals surface area contributed by atoms with Gasteiger partial charge in [0.15, 0.2) is 11.6 Å². The van der Waals surface area contributed by atoms with Crippen LogP contribution in [0.2, 0.25) is 0 Å². The first-order chi connectivity index (χ1) is 10.5. The summed E-state index contributed by atoms with van der Waals surface area (Å²) in [6.45, 7) is 0. The maximum Gasteiger partial charge on any atom is 0.241 e. The number of hydrogen-bond donors (Lipinski definition) is 1. The summed E-state index contributed by atoms with van der Waals surface area (Å²) in [5, 5.41) is 0. The van der Waals surface area contributed by atoms with Crippen LogP contribution in [0.4, 0.5) is 8.78 Å². The van der Waals surface area contributed by atoms with Crippen LogP contribution in [0.3, 0.4) is 0 Å². The SMILES string of the molecule is O=S(=O)(NC1CCSc2ccccc21)c1ccc(F)c(F)c1. The number of benzene rings is 2. The maximum absolute atomic E-state index is 13.3. The third kappa shape index (κ3) is 3.02. The van der Waals surface area contributed by atoms with E-state index in [1.165, 1.54) is 0 Å². The molecule has 1 unspecified atom stereocenters. The van der Waals surface area contributed by atoms with Gasteiger partial charge in [-0.15, -0.1) is 11.8 Å². The lowest BCUT2D eigenvalue weighted by Crippen LogP contribution is -2.30. The van der Waals surface area contributed by atoms with Crippen molar-refractivity contribution in [2.45, 2.75) is 22.3 Å². The maximum atomic E-state index is 13.3. The molecule has 0 aliphatic carbocycles. The van der Waals surface area contributed by atoms with Crippen molar-refractivity contribution in [3.05, 3.63) is 59.7 Å². The minimum atomic E-state index is -3.91. The van der Waals surface area contributed by atoms with E-state index in [2.05, 4.69) is 4.72 Å². The molecule has 0 radical (unpaired) electrons. The molecule has 0 spiro atoms. The van der Waals surface area contributed by atoms with E-state index in [1.54, 1.807) is 11.8 Å². The van der Waals surface area contributed by atoms with Crippen LogP contribution in [0, 0.1) is 11.6 Å². The van der Waals surface area contributed by atoms with Gasteiger partial charge in [0.25, 0.3) is 0 Å². The van der Waals surface area contributed by atoms with E-state index in [4.69, 9.17) is 0 Å². The zero-order chi connectivity index (χ0) is 15.7. The molecule has 7 heteroatoms. The Balaban J connectivity index is 1.91. The molecule has 2 aromatic carbocycles. The van der Waals surface area contributed by atoms with Crippen LogP contribution in [-0.4, -0.2) is 14.2 Å². The highest BCUT2D eigenvalue weighted by Gasteiger charge is 2.26. The zero-order valence-electron chi connectivity index (χ0n) is 11.4.